The van der Waals surface area contributed by atoms with Crippen molar-refractivity contribution in [2.75, 3.05) is 20.3 Å². The van der Waals surface area contributed by atoms with Gasteiger partial charge in [-0.15, -0.1) is 12.4 Å². The Bertz CT molecular complexity index is 653. The van der Waals surface area contributed by atoms with Crippen molar-refractivity contribution in [3.05, 3.63) is 58.6 Å². The molecule has 144 valence electrons. The van der Waals surface area contributed by atoms with Crippen LogP contribution < -0.4 is 14.8 Å². The van der Waals surface area contributed by atoms with Crippen LogP contribution in [0, 0.1) is 0 Å². The smallest absolute Gasteiger partial charge is 0.161 e. The van der Waals surface area contributed by atoms with Crippen molar-refractivity contribution in [2.45, 2.75) is 32.4 Å². The molecule has 0 saturated carbocycles. The van der Waals surface area contributed by atoms with Crippen LogP contribution in [0.1, 0.15) is 30.4 Å². The zero-order chi connectivity index (χ0) is 17.9. The molecule has 0 aliphatic heterocycles. The first-order chi connectivity index (χ1) is 12.2. The highest BCUT2D eigenvalue weighted by molar-refractivity contribution is 6.31. The van der Waals surface area contributed by atoms with Gasteiger partial charge in [0.05, 0.1) is 7.11 Å². The van der Waals surface area contributed by atoms with Gasteiger partial charge in [-0.2, -0.15) is 0 Å². The Kier molecular flexibility index (Phi) is 11.1. The predicted octanol–water partition coefficient (Wildman–Crippen LogP) is 4.60. The summed E-state index contributed by atoms with van der Waals surface area (Å²) in [6.07, 6.45) is 2.98. The van der Waals surface area contributed by atoms with Crippen LogP contribution in [-0.4, -0.2) is 25.4 Å². The Balaban J connectivity index is 0.00000338. The van der Waals surface area contributed by atoms with Gasteiger partial charge in [0.15, 0.2) is 11.5 Å². The fourth-order valence-corrected chi connectivity index (χ4v) is 2.67. The number of methoxy groups -OCH3 is 1. The number of aliphatic hydroxyl groups is 1. The van der Waals surface area contributed by atoms with Crippen LogP contribution in [0.2, 0.25) is 5.02 Å². The van der Waals surface area contributed by atoms with Gasteiger partial charge in [0.25, 0.3) is 0 Å². The van der Waals surface area contributed by atoms with E-state index in [9.17, 15) is 0 Å². The lowest BCUT2D eigenvalue weighted by Gasteiger charge is -2.13. The number of aliphatic hydroxyl groups excluding tert-OH is 1. The molecular formula is C20H27Cl2NO3. The SMILES string of the molecule is COc1cc(CNCCCCCO)ccc1OCc1ccccc1Cl.Cl. The van der Waals surface area contributed by atoms with Crippen molar-refractivity contribution in [1.82, 2.24) is 5.32 Å². The highest BCUT2D eigenvalue weighted by Crippen LogP contribution is 2.29. The highest BCUT2D eigenvalue weighted by atomic mass is 35.5. The molecule has 0 unspecified atom stereocenters. The second-order valence-corrected chi connectivity index (χ2v) is 6.23. The largest absolute Gasteiger partial charge is 0.493 e. The maximum Gasteiger partial charge on any atom is 0.161 e. The zero-order valence-corrected chi connectivity index (χ0v) is 16.6. The molecule has 0 aliphatic rings. The molecule has 4 nitrogen and oxygen atoms in total. The minimum Gasteiger partial charge on any atom is -0.493 e. The lowest BCUT2D eigenvalue weighted by Crippen LogP contribution is -2.14. The maximum atomic E-state index is 8.76. The molecule has 2 rings (SSSR count). The predicted molar refractivity (Wildman–Crippen MR) is 109 cm³/mol. The number of hydrogen-bond acceptors (Lipinski definition) is 4. The summed E-state index contributed by atoms with van der Waals surface area (Å²) in [6, 6.07) is 13.6. The van der Waals surface area contributed by atoms with Gasteiger partial charge in [-0.25, -0.2) is 0 Å². The molecule has 0 saturated heterocycles. The average Bonchev–Trinajstić information content (AvgIpc) is 2.64. The summed E-state index contributed by atoms with van der Waals surface area (Å²) in [7, 11) is 1.64. The molecule has 0 amide bonds. The number of halogens is 2. The van der Waals surface area contributed by atoms with Gasteiger partial charge in [-0.3, -0.25) is 0 Å². The first-order valence-electron chi connectivity index (χ1n) is 8.59. The maximum absolute atomic E-state index is 8.76. The molecule has 0 aromatic heterocycles. The molecule has 0 atom stereocenters. The molecule has 26 heavy (non-hydrogen) atoms. The molecule has 2 N–H and O–H groups in total. The van der Waals surface area contributed by atoms with Gasteiger partial charge < -0.3 is 19.9 Å². The van der Waals surface area contributed by atoms with E-state index in [1.807, 2.05) is 42.5 Å². The Morgan fingerprint density at radius 2 is 1.85 bits per heavy atom. The molecule has 0 aliphatic carbocycles. The number of rotatable bonds is 11. The van der Waals surface area contributed by atoms with Crippen molar-refractivity contribution < 1.29 is 14.6 Å². The fraction of sp³-hybridized carbons (Fsp3) is 0.400. The van der Waals surface area contributed by atoms with Crippen LogP contribution in [-0.2, 0) is 13.2 Å². The normalized spacial score (nSPS) is 10.3. The minimum absolute atomic E-state index is 0. The second kappa shape index (κ2) is 12.8. The Hall–Kier alpha value is -1.46. The van der Waals surface area contributed by atoms with Gasteiger partial charge in [-0.05, 0) is 49.6 Å². The second-order valence-electron chi connectivity index (χ2n) is 5.83. The number of ether oxygens (including phenoxy) is 2. The van der Waals surface area contributed by atoms with E-state index >= 15 is 0 Å². The average molecular weight is 400 g/mol. The Morgan fingerprint density at radius 3 is 2.58 bits per heavy atom. The van der Waals surface area contributed by atoms with Crippen molar-refractivity contribution in [1.29, 1.82) is 0 Å². The lowest BCUT2D eigenvalue weighted by atomic mass is 10.2. The van der Waals surface area contributed by atoms with Crippen LogP contribution in [0.4, 0.5) is 0 Å². The van der Waals surface area contributed by atoms with E-state index in [0.717, 1.165) is 43.5 Å². The van der Waals surface area contributed by atoms with Gasteiger partial charge in [0, 0.05) is 23.7 Å². The van der Waals surface area contributed by atoms with E-state index < -0.39 is 0 Å². The summed E-state index contributed by atoms with van der Waals surface area (Å²) >= 11 is 6.16. The first-order valence-corrected chi connectivity index (χ1v) is 8.97. The number of hydrogen-bond donors (Lipinski definition) is 2. The van der Waals surface area contributed by atoms with Gasteiger partial charge >= 0.3 is 0 Å². The lowest BCUT2D eigenvalue weighted by molar-refractivity contribution is 0.282. The van der Waals surface area contributed by atoms with Crippen LogP contribution in [0.5, 0.6) is 11.5 Å². The third-order valence-electron chi connectivity index (χ3n) is 3.91. The number of benzene rings is 2. The molecule has 2 aromatic carbocycles. The number of nitrogens with one attached hydrogen (secondary N) is 1. The molecule has 0 heterocycles. The third-order valence-corrected chi connectivity index (χ3v) is 4.28. The molecule has 0 spiro atoms. The summed E-state index contributed by atoms with van der Waals surface area (Å²) in [5.74, 6) is 1.42. The van der Waals surface area contributed by atoms with Crippen LogP contribution in [0.15, 0.2) is 42.5 Å². The fourth-order valence-electron chi connectivity index (χ4n) is 2.48. The summed E-state index contributed by atoms with van der Waals surface area (Å²) in [4.78, 5) is 0. The summed E-state index contributed by atoms with van der Waals surface area (Å²) in [5, 5.41) is 12.9. The van der Waals surface area contributed by atoms with Crippen molar-refractivity contribution in [3.63, 3.8) is 0 Å². The molecule has 0 radical (unpaired) electrons. The standard InChI is InChI=1S/C20H26ClNO3.ClH/c1-24-20-13-16(14-22-11-5-2-6-12-23)9-10-19(20)25-15-17-7-3-4-8-18(17)21;/h3-4,7-10,13,22-23H,2,5-6,11-12,14-15H2,1H3;1H. The van der Waals surface area contributed by atoms with Crippen molar-refractivity contribution >= 4 is 24.0 Å². The molecule has 2 aromatic rings. The van der Waals surface area contributed by atoms with E-state index in [-0.39, 0.29) is 19.0 Å². The molecule has 6 heteroatoms. The molecule has 0 bridgehead atoms. The van der Waals surface area contributed by atoms with Crippen LogP contribution in [0.25, 0.3) is 0 Å². The summed E-state index contributed by atoms with van der Waals surface area (Å²) in [5.41, 5.74) is 2.09. The van der Waals surface area contributed by atoms with E-state index in [1.165, 1.54) is 0 Å². The van der Waals surface area contributed by atoms with Crippen molar-refractivity contribution in [2.24, 2.45) is 0 Å². The zero-order valence-electron chi connectivity index (χ0n) is 15.0. The summed E-state index contributed by atoms with van der Waals surface area (Å²) < 4.78 is 11.3. The van der Waals surface area contributed by atoms with Crippen LogP contribution >= 0.6 is 24.0 Å². The van der Waals surface area contributed by atoms with Crippen LogP contribution in [0.3, 0.4) is 0 Å². The quantitative estimate of drug-likeness (QED) is 0.542. The van der Waals surface area contributed by atoms with E-state index in [1.54, 1.807) is 7.11 Å². The third kappa shape index (κ3) is 7.42. The minimum atomic E-state index is 0. The van der Waals surface area contributed by atoms with E-state index in [2.05, 4.69) is 5.32 Å². The Morgan fingerprint density at radius 1 is 1.04 bits per heavy atom. The monoisotopic (exact) mass is 399 g/mol. The van der Waals surface area contributed by atoms with Gasteiger partial charge in [0.2, 0.25) is 0 Å². The van der Waals surface area contributed by atoms with E-state index in [0.29, 0.717) is 23.1 Å². The summed E-state index contributed by atoms with van der Waals surface area (Å²) in [6.45, 7) is 2.39. The van der Waals surface area contributed by atoms with Crippen molar-refractivity contribution in [3.8, 4) is 11.5 Å². The van der Waals surface area contributed by atoms with Gasteiger partial charge in [0.1, 0.15) is 6.61 Å². The van der Waals surface area contributed by atoms with Gasteiger partial charge in [-0.1, -0.05) is 35.9 Å². The Labute approximate surface area is 166 Å². The molecule has 0 fully saturated rings. The topological polar surface area (TPSA) is 50.7 Å². The highest BCUT2D eigenvalue weighted by Gasteiger charge is 2.07. The van der Waals surface area contributed by atoms with E-state index in [4.69, 9.17) is 26.2 Å². The number of unbranched alkanes of at least 4 members (excludes halogenated alkanes) is 2. The first kappa shape index (κ1) is 22.6. The molecular weight excluding hydrogens is 373 g/mol.